The van der Waals surface area contributed by atoms with Gasteiger partial charge in [0.1, 0.15) is 11.6 Å². The van der Waals surface area contributed by atoms with Crippen molar-refractivity contribution < 1.29 is 31.2 Å². The number of imide groups is 1. The van der Waals surface area contributed by atoms with Gasteiger partial charge in [0, 0.05) is 32.5 Å². The minimum atomic E-state index is -4.16. The number of nitrogens with zero attached hydrogens (tertiary/aromatic N) is 2. The zero-order valence-corrected chi connectivity index (χ0v) is 21.4. The average Bonchev–Trinajstić information content (AvgIpc) is 2.79. The third kappa shape index (κ3) is 6.57. The molecule has 0 aliphatic rings. The van der Waals surface area contributed by atoms with E-state index in [1.54, 1.807) is 0 Å². The van der Waals surface area contributed by atoms with Crippen LogP contribution >= 0.6 is 21.4 Å². The molecule has 184 valence electrons. The number of hydrogen-bond acceptors (Lipinski definition) is 8. The number of pyridine rings is 1. The van der Waals surface area contributed by atoms with Crippen LogP contribution in [0.2, 0.25) is 0 Å². The number of aromatic nitrogens is 1. The number of carbonyl (C=O) groups excluding carboxylic acids is 2. The fourth-order valence-electron chi connectivity index (χ4n) is 2.97. The van der Waals surface area contributed by atoms with Gasteiger partial charge in [-0.05, 0) is 62.4 Å². The summed E-state index contributed by atoms with van der Waals surface area (Å²) in [4.78, 5) is 31.0. The third-order valence-corrected chi connectivity index (χ3v) is 7.16. The van der Waals surface area contributed by atoms with Gasteiger partial charge in [-0.25, -0.2) is 26.7 Å². The van der Waals surface area contributed by atoms with Crippen LogP contribution in [0.3, 0.4) is 0 Å². The summed E-state index contributed by atoms with van der Waals surface area (Å²) in [6.07, 6.45) is 1.16. The van der Waals surface area contributed by atoms with E-state index in [9.17, 15) is 26.4 Å². The Balaban J connectivity index is 2.13. The Morgan fingerprint density at radius 1 is 0.829 bits per heavy atom. The lowest BCUT2D eigenvalue weighted by molar-refractivity contribution is 0.0896. The summed E-state index contributed by atoms with van der Waals surface area (Å²) >= 11 is 0. The highest BCUT2D eigenvalue weighted by Crippen LogP contribution is 2.25. The molecule has 0 radical (unpaired) electrons. The van der Waals surface area contributed by atoms with Crippen molar-refractivity contribution in [2.75, 3.05) is 4.90 Å². The van der Waals surface area contributed by atoms with Crippen LogP contribution < -0.4 is 9.64 Å². The third-order valence-electron chi connectivity index (χ3n) is 4.45. The van der Waals surface area contributed by atoms with Crippen LogP contribution in [-0.4, -0.2) is 39.7 Å². The molecule has 1 heterocycles. The van der Waals surface area contributed by atoms with Crippen molar-refractivity contribution in [3.8, 4) is 5.75 Å². The molecular weight excluding hydrogens is 539 g/mol. The number of ether oxygens (including phenoxy) is 1. The highest BCUT2D eigenvalue weighted by molar-refractivity contribution is 8.14. The van der Waals surface area contributed by atoms with Crippen LogP contribution in [0.25, 0.3) is 0 Å². The molecule has 0 atom stereocenters. The molecule has 2 amide bonds. The van der Waals surface area contributed by atoms with E-state index in [0.717, 1.165) is 12.1 Å². The topological polar surface area (TPSA) is 128 Å². The molecule has 2 aromatic carbocycles. The van der Waals surface area contributed by atoms with Crippen molar-refractivity contribution in [3.05, 3.63) is 78.0 Å². The van der Waals surface area contributed by atoms with Gasteiger partial charge in [0.25, 0.3) is 29.9 Å². The number of amides is 2. The molecule has 0 aliphatic heterocycles. The van der Waals surface area contributed by atoms with E-state index < -0.39 is 29.9 Å². The van der Waals surface area contributed by atoms with Crippen LogP contribution in [0.1, 0.15) is 34.6 Å². The first-order valence-electron chi connectivity index (χ1n) is 9.88. The predicted molar refractivity (Wildman–Crippen MR) is 130 cm³/mol. The van der Waals surface area contributed by atoms with Gasteiger partial charge in [-0.3, -0.25) is 9.59 Å². The zero-order valence-electron chi connectivity index (χ0n) is 18.3. The van der Waals surface area contributed by atoms with Crippen molar-refractivity contribution in [1.82, 2.24) is 4.98 Å². The number of anilines is 1. The minimum absolute atomic E-state index is 0.116. The molecule has 1 aromatic heterocycles. The van der Waals surface area contributed by atoms with E-state index in [2.05, 4.69) is 4.98 Å². The lowest BCUT2D eigenvalue weighted by Gasteiger charge is -2.21. The van der Waals surface area contributed by atoms with Gasteiger partial charge in [-0.2, -0.15) is 0 Å². The van der Waals surface area contributed by atoms with E-state index >= 15 is 0 Å². The van der Waals surface area contributed by atoms with Gasteiger partial charge in [-0.15, -0.1) is 0 Å². The normalized spacial score (nSPS) is 11.8. The Morgan fingerprint density at radius 2 is 1.31 bits per heavy atom. The summed E-state index contributed by atoms with van der Waals surface area (Å²) in [5, 5.41) is 0. The second kappa shape index (κ2) is 10.3. The molecule has 0 saturated heterocycles. The van der Waals surface area contributed by atoms with Crippen LogP contribution in [0, 0.1) is 0 Å². The number of rotatable bonds is 7. The van der Waals surface area contributed by atoms with Crippen molar-refractivity contribution in [2.24, 2.45) is 0 Å². The molecule has 0 N–H and O–H groups in total. The Bertz CT molecular complexity index is 1400. The zero-order chi connectivity index (χ0) is 26.0. The summed E-state index contributed by atoms with van der Waals surface area (Å²) in [6.45, 7) is 3.62. The van der Waals surface area contributed by atoms with E-state index in [-0.39, 0.29) is 32.8 Å². The summed E-state index contributed by atoms with van der Waals surface area (Å²) in [6, 6.07) is 12.4. The number of carbonyl (C=O) groups is 2. The van der Waals surface area contributed by atoms with Gasteiger partial charge in [0.15, 0.2) is 0 Å². The maximum Gasteiger partial charge on any atom is 0.266 e. The van der Waals surface area contributed by atoms with Crippen LogP contribution in [0.5, 0.6) is 5.75 Å². The molecule has 0 spiro atoms. The average molecular weight is 557 g/mol. The summed E-state index contributed by atoms with van der Waals surface area (Å²) in [5.41, 5.74) is -0.351. The number of benzene rings is 2. The second-order valence-corrected chi connectivity index (χ2v) is 12.5. The smallest absolute Gasteiger partial charge is 0.266 e. The van der Waals surface area contributed by atoms with Gasteiger partial charge < -0.3 is 4.74 Å². The molecule has 35 heavy (non-hydrogen) atoms. The predicted octanol–water partition coefficient (Wildman–Crippen LogP) is 4.21. The molecule has 13 heteroatoms. The summed E-state index contributed by atoms with van der Waals surface area (Å²) < 4.78 is 52.5. The van der Waals surface area contributed by atoms with E-state index in [1.165, 1.54) is 54.7 Å². The van der Waals surface area contributed by atoms with Crippen molar-refractivity contribution in [1.29, 1.82) is 0 Å². The van der Waals surface area contributed by atoms with Crippen molar-refractivity contribution in [3.63, 3.8) is 0 Å². The van der Waals surface area contributed by atoms with Gasteiger partial charge in [0.2, 0.25) is 0 Å². The molecule has 0 unspecified atom stereocenters. The second-order valence-electron chi connectivity index (χ2n) is 7.40. The lowest BCUT2D eigenvalue weighted by Crippen LogP contribution is -2.37. The van der Waals surface area contributed by atoms with Gasteiger partial charge in [-0.1, -0.05) is 12.1 Å². The Morgan fingerprint density at radius 3 is 1.69 bits per heavy atom. The van der Waals surface area contributed by atoms with Crippen molar-refractivity contribution in [2.45, 2.75) is 29.7 Å². The summed E-state index contributed by atoms with van der Waals surface area (Å²) in [7, 11) is 2.47. The standard InChI is InChI=1S/C22H18Cl2N2O7S2/c1-14(2)33-17-9-10-20(25-13-17)26(21(27)15-5-3-7-18(11-15)34(23,29)30)22(28)16-6-4-8-19(12-16)35(24,31)32/h3-14H,1-2H3. The summed E-state index contributed by atoms with van der Waals surface area (Å²) in [5.74, 6) is -1.59. The Kier molecular flexibility index (Phi) is 7.85. The molecule has 0 aliphatic carbocycles. The van der Waals surface area contributed by atoms with E-state index in [0.29, 0.717) is 10.6 Å². The number of hydrogen-bond donors (Lipinski definition) is 0. The maximum absolute atomic E-state index is 13.4. The molecular formula is C22H18Cl2N2O7S2. The van der Waals surface area contributed by atoms with E-state index in [1.807, 2.05) is 13.8 Å². The fraction of sp³-hybridized carbons (Fsp3) is 0.136. The molecule has 0 saturated carbocycles. The lowest BCUT2D eigenvalue weighted by atomic mass is 10.1. The minimum Gasteiger partial charge on any atom is -0.489 e. The first-order chi connectivity index (χ1) is 16.3. The maximum atomic E-state index is 13.4. The first-order valence-corrected chi connectivity index (χ1v) is 14.5. The monoisotopic (exact) mass is 556 g/mol. The SMILES string of the molecule is CC(C)Oc1ccc(N(C(=O)c2cccc(S(=O)(=O)Cl)c2)C(=O)c2cccc(S(=O)(=O)Cl)c2)nc1. The Labute approximate surface area is 211 Å². The largest absolute Gasteiger partial charge is 0.489 e. The molecule has 3 rings (SSSR count). The molecule has 3 aromatic rings. The van der Waals surface area contributed by atoms with Gasteiger partial charge >= 0.3 is 0 Å². The van der Waals surface area contributed by atoms with Gasteiger partial charge in [0.05, 0.1) is 22.1 Å². The Hall–Kier alpha value is -2.99. The highest BCUT2D eigenvalue weighted by atomic mass is 35.7. The van der Waals surface area contributed by atoms with Crippen molar-refractivity contribution >= 4 is 57.1 Å². The highest BCUT2D eigenvalue weighted by Gasteiger charge is 2.29. The quantitative estimate of drug-likeness (QED) is 0.312. The van der Waals surface area contributed by atoms with Crippen LogP contribution in [0.15, 0.2) is 76.7 Å². The molecule has 9 nitrogen and oxygen atoms in total. The van der Waals surface area contributed by atoms with Crippen LogP contribution in [-0.2, 0) is 18.1 Å². The molecule has 0 fully saturated rings. The fourth-order valence-corrected chi connectivity index (χ4v) is 4.56. The first kappa shape index (κ1) is 26.6. The van der Waals surface area contributed by atoms with Crippen LogP contribution in [0.4, 0.5) is 5.82 Å². The number of halogens is 2. The molecule has 0 bridgehead atoms. The van der Waals surface area contributed by atoms with E-state index in [4.69, 9.17) is 26.1 Å².